The molecule has 0 heterocycles. The minimum atomic E-state index is -4.78. The Hall–Kier alpha value is -3.90. The van der Waals surface area contributed by atoms with Crippen molar-refractivity contribution in [2.45, 2.75) is 43.6 Å². The van der Waals surface area contributed by atoms with E-state index in [0.717, 1.165) is 12.0 Å². The summed E-state index contributed by atoms with van der Waals surface area (Å²) < 4.78 is 64.8. The van der Waals surface area contributed by atoms with Crippen LogP contribution in [0.2, 0.25) is 0 Å². The topological polar surface area (TPSA) is 119 Å². The second-order valence-corrected chi connectivity index (χ2v) is 11.5. The molecule has 0 bridgehead atoms. The van der Waals surface area contributed by atoms with E-state index in [2.05, 4.69) is 10.1 Å². The molecule has 1 aliphatic rings. The first kappa shape index (κ1) is 30.1. The van der Waals surface area contributed by atoms with Gasteiger partial charge in [-0.1, -0.05) is 61.0 Å². The van der Waals surface area contributed by atoms with Crippen LogP contribution in [0, 0.1) is 11.8 Å². The third-order valence-corrected chi connectivity index (χ3v) is 8.02. The number of ether oxygens (including phenoxy) is 1. The average molecular weight is 590 g/mol. The van der Waals surface area contributed by atoms with Crippen LogP contribution >= 0.6 is 0 Å². The zero-order valence-corrected chi connectivity index (χ0v) is 23.0. The molecule has 41 heavy (non-hydrogen) atoms. The van der Waals surface area contributed by atoms with Gasteiger partial charge in [0.25, 0.3) is 0 Å². The first-order chi connectivity index (χ1) is 19.3. The third-order valence-electron chi connectivity index (χ3n) is 7.05. The van der Waals surface area contributed by atoms with Crippen molar-refractivity contribution < 1.29 is 35.9 Å². The van der Waals surface area contributed by atoms with Crippen LogP contribution < -0.4 is 15.2 Å². The molecular formula is C29H30F3N3O5S. The van der Waals surface area contributed by atoms with Crippen molar-refractivity contribution in [3.05, 3.63) is 83.9 Å². The maximum absolute atomic E-state index is 13.3. The molecule has 1 aliphatic carbocycles. The Bertz CT molecular complexity index is 1490. The molecule has 2 unspecified atom stereocenters. The Morgan fingerprint density at radius 3 is 2.20 bits per heavy atom. The summed E-state index contributed by atoms with van der Waals surface area (Å²) in [5.74, 6) is -1.76. The highest BCUT2D eigenvalue weighted by Gasteiger charge is 2.39. The molecule has 0 aliphatic heterocycles. The summed E-state index contributed by atoms with van der Waals surface area (Å²) in [6.07, 6.45) is -2.91. The van der Waals surface area contributed by atoms with Gasteiger partial charge in [0.2, 0.25) is 21.8 Å². The molecule has 3 aromatic rings. The van der Waals surface area contributed by atoms with E-state index in [1.807, 2.05) is 12.1 Å². The van der Waals surface area contributed by atoms with E-state index in [9.17, 15) is 31.2 Å². The summed E-state index contributed by atoms with van der Waals surface area (Å²) in [6.45, 7) is 0.409. The number of carbonyl (C=O) groups excluding carboxylic acids is 2. The minimum absolute atomic E-state index is 0.0260. The second-order valence-electron chi connectivity index (χ2n) is 9.99. The number of nitrogens with two attached hydrogens (primary N) is 1. The highest BCUT2D eigenvalue weighted by Crippen LogP contribution is 2.34. The fraction of sp³-hybridized carbons (Fsp3) is 0.310. The van der Waals surface area contributed by atoms with Crippen molar-refractivity contribution in [1.29, 1.82) is 0 Å². The number of benzene rings is 3. The summed E-state index contributed by atoms with van der Waals surface area (Å²) in [7, 11) is -2.23. The van der Waals surface area contributed by atoms with Gasteiger partial charge in [-0.25, -0.2) is 13.6 Å². The highest BCUT2D eigenvalue weighted by atomic mass is 32.2. The van der Waals surface area contributed by atoms with E-state index in [0.29, 0.717) is 36.1 Å². The first-order valence-electron chi connectivity index (χ1n) is 12.9. The Balaban J connectivity index is 1.34. The normalized spacial score (nSPS) is 17.2. The Kier molecular flexibility index (Phi) is 9.03. The summed E-state index contributed by atoms with van der Waals surface area (Å²) in [6, 6.07) is 18.8. The number of amides is 2. The molecule has 0 saturated heterocycles. The molecular weight excluding hydrogens is 559 g/mol. The van der Waals surface area contributed by atoms with E-state index < -0.39 is 28.2 Å². The maximum atomic E-state index is 13.3. The zero-order valence-electron chi connectivity index (χ0n) is 22.2. The average Bonchev–Trinajstić information content (AvgIpc) is 3.41. The molecule has 1 fully saturated rings. The van der Waals surface area contributed by atoms with Crippen molar-refractivity contribution in [3.63, 3.8) is 0 Å². The van der Waals surface area contributed by atoms with E-state index >= 15 is 0 Å². The van der Waals surface area contributed by atoms with Gasteiger partial charge in [0, 0.05) is 37.5 Å². The Morgan fingerprint density at radius 1 is 0.951 bits per heavy atom. The molecule has 8 nitrogen and oxygen atoms in total. The van der Waals surface area contributed by atoms with Gasteiger partial charge in [-0.3, -0.25) is 9.59 Å². The summed E-state index contributed by atoms with van der Waals surface area (Å²) >= 11 is 0. The van der Waals surface area contributed by atoms with Gasteiger partial charge >= 0.3 is 6.36 Å². The number of rotatable bonds is 9. The number of alkyl halides is 3. The lowest BCUT2D eigenvalue weighted by molar-refractivity contribution is -0.274. The van der Waals surface area contributed by atoms with E-state index in [1.54, 1.807) is 42.3 Å². The summed E-state index contributed by atoms with van der Waals surface area (Å²) in [5, 5.41) is 8.14. The fourth-order valence-electron chi connectivity index (χ4n) is 5.08. The van der Waals surface area contributed by atoms with Gasteiger partial charge in [-0.15, -0.1) is 13.2 Å². The highest BCUT2D eigenvalue weighted by molar-refractivity contribution is 7.89. The summed E-state index contributed by atoms with van der Waals surface area (Å²) in [5.41, 5.74) is 2.58. The predicted octanol–water partition coefficient (Wildman–Crippen LogP) is 4.59. The molecule has 4 rings (SSSR count). The van der Waals surface area contributed by atoms with Crippen LogP contribution in [-0.4, -0.2) is 38.5 Å². The number of nitrogens with zero attached hydrogens (tertiary/aromatic N) is 1. The number of hydrogen-bond acceptors (Lipinski definition) is 5. The van der Waals surface area contributed by atoms with E-state index in [4.69, 9.17) is 5.14 Å². The van der Waals surface area contributed by atoms with E-state index in [-0.39, 0.29) is 29.0 Å². The number of hydrogen-bond donors (Lipinski definition) is 2. The molecule has 3 N–H and O–H groups in total. The SMILES string of the molecule is CN(Cc1ccc(-c2ccccc2S(N)(=O)=O)cc1)C(=O)C1CCCC1C(=O)NCc1ccc(OC(F)(F)F)cc1. The molecule has 2 atom stereocenters. The molecule has 12 heteroatoms. The number of nitrogens with one attached hydrogen (secondary N) is 1. The van der Waals surface area contributed by atoms with Crippen LogP contribution in [0.4, 0.5) is 13.2 Å². The molecule has 0 radical (unpaired) electrons. The van der Waals surface area contributed by atoms with Gasteiger partial charge in [-0.05, 0) is 47.7 Å². The smallest absolute Gasteiger partial charge is 0.406 e. The third kappa shape index (κ3) is 7.86. The Labute approximate surface area is 236 Å². The van der Waals surface area contributed by atoms with Crippen molar-refractivity contribution in [3.8, 4) is 16.9 Å². The monoisotopic (exact) mass is 589 g/mol. The molecule has 1 saturated carbocycles. The van der Waals surface area contributed by atoms with Crippen molar-refractivity contribution in [2.24, 2.45) is 17.0 Å². The van der Waals surface area contributed by atoms with Gasteiger partial charge in [0.15, 0.2) is 0 Å². The lowest BCUT2D eigenvalue weighted by Crippen LogP contribution is -2.40. The fourth-order valence-corrected chi connectivity index (χ4v) is 5.84. The lowest BCUT2D eigenvalue weighted by Gasteiger charge is -2.25. The number of primary sulfonamides is 1. The number of halogens is 3. The second kappa shape index (κ2) is 12.3. The van der Waals surface area contributed by atoms with Gasteiger partial charge in [0.05, 0.1) is 4.90 Å². The van der Waals surface area contributed by atoms with Crippen molar-refractivity contribution >= 4 is 21.8 Å². The van der Waals surface area contributed by atoms with Crippen LogP contribution in [0.5, 0.6) is 5.75 Å². The van der Waals surface area contributed by atoms with Crippen molar-refractivity contribution in [2.75, 3.05) is 7.05 Å². The molecule has 218 valence electrons. The minimum Gasteiger partial charge on any atom is -0.406 e. The van der Waals surface area contributed by atoms with Gasteiger partial charge < -0.3 is 15.0 Å². The van der Waals surface area contributed by atoms with Crippen LogP contribution in [0.15, 0.2) is 77.7 Å². The van der Waals surface area contributed by atoms with E-state index in [1.165, 1.54) is 30.3 Å². The first-order valence-corrected chi connectivity index (χ1v) is 14.4. The largest absolute Gasteiger partial charge is 0.573 e. The Morgan fingerprint density at radius 2 is 1.56 bits per heavy atom. The van der Waals surface area contributed by atoms with Crippen LogP contribution in [0.1, 0.15) is 30.4 Å². The quantitative estimate of drug-likeness (QED) is 0.379. The standard InChI is InChI=1S/C29H30F3N3O5S/c1-35(18-20-9-13-21(14-10-20)23-5-2-3-8-26(23)41(33,38)39)28(37)25-7-4-6-24(25)27(36)34-17-19-11-15-22(16-12-19)40-29(30,31)32/h2-3,5,8-16,24-25H,4,6-7,17-18H2,1H3,(H,34,36)(H2,33,38,39). The number of sulfonamides is 1. The molecule has 0 spiro atoms. The lowest BCUT2D eigenvalue weighted by atomic mass is 9.93. The van der Waals surface area contributed by atoms with Gasteiger partial charge in [0.1, 0.15) is 5.75 Å². The molecule has 3 aromatic carbocycles. The zero-order chi connectivity index (χ0) is 29.8. The van der Waals surface area contributed by atoms with Gasteiger partial charge in [-0.2, -0.15) is 0 Å². The predicted molar refractivity (Wildman–Crippen MR) is 146 cm³/mol. The van der Waals surface area contributed by atoms with Crippen molar-refractivity contribution in [1.82, 2.24) is 10.2 Å². The summed E-state index contributed by atoms with van der Waals surface area (Å²) in [4.78, 5) is 27.8. The molecule has 2 amide bonds. The molecule has 0 aromatic heterocycles. The maximum Gasteiger partial charge on any atom is 0.573 e. The van der Waals surface area contributed by atoms with Crippen LogP contribution in [0.3, 0.4) is 0 Å². The number of carbonyl (C=O) groups is 2. The van der Waals surface area contributed by atoms with Crippen LogP contribution in [0.25, 0.3) is 11.1 Å². The van der Waals surface area contributed by atoms with Crippen LogP contribution in [-0.2, 0) is 32.7 Å².